The number of hydrogen-bond acceptors (Lipinski definition) is 5. The molecule has 1 amide bonds. The van der Waals surface area contributed by atoms with Crippen LogP contribution in [0.15, 0.2) is 0 Å². The minimum Gasteiger partial charge on any atom is -0.374 e. The van der Waals surface area contributed by atoms with Crippen molar-refractivity contribution < 1.29 is 9.53 Å². The van der Waals surface area contributed by atoms with Gasteiger partial charge in [0.15, 0.2) is 0 Å². The van der Waals surface area contributed by atoms with E-state index in [4.69, 9.17) is 4.74 Å². The summed E-state index contributed by atoms with van der Waals surface area (Å²) in [5, 5.41) is 8.67. The second kappa shape index (κ2) is 7.03. The number of morpholine rings is 1. The molecule has 0 radical (unpaired) electrons. The Morgan fingerprint density at radius 2 is 2.04 bits per heavy atom. The molecule has 0 bridgehead atoms. The molecule has 4 rings (SSSR count). The van der Waals surface area contributed by atoms with E-state index in [1.807, 2.05) is 0 Å². The van der Waals surface area contributed by atoms with Crippen molar-refractivity contribution in [1.29, 1.82) is 0 Å². The average Bonchev–Trinajstić information content (AvgIpc) is 3.04. The summed E-state index contributed by atoms with van der Waals surface area (Å²) in [7, 11) is 0. The van der Waals surface area contributed by atoms with Crippen molar-refractivity contribution in [1.82, 2.24) is 24.6 Å². The highest BCUT2D eigenvalue weighted by Gasteiger charge is 2.37. The second-order valence-electron chi connectivity index (χ2n) is 7.84. The minimum absolute atomic E-state index is 0.247. The molecule has 3 heterocycles. The molecule has 0 N–H and O–H groups in total. The molecule has 7 heteroatoms. The highest BCUT2D eigenvalue weighted by molar-refractivity contribution is 5.78. The van der Waals surface area contributed by atoms with Crippen LogP contribution in [0.3, 0.4) is 0 Å². The number of amides is 1. The molecule has 0 unspecified atom stereocenters. The molecule has 2 fully saturated rings. The number of aromatic nitrogens is 3. The summed E-state index contributed by atoms with van der Waals surface area (Å²) < 4.78 is 8.11. The minimum atomic E-state index is 0.247. The van der Waals surface area contributed by atoms with Gasteiger partial charge < -0.3 is 14.2 Å². The Kier molecular flexibility index (Phi) is 4.78. The second-order valence-corrected chi connectivity index (χ2v) is 7.84. The van der Waals surface area contributed by atoms with E-state index in [0.717, 1.165) is 44.1 Å². The van der Waals surface area contributed by atoms with Gasteiger partial charge in [0.05, 0.1) is 31.8 Å². The van der Waals surface area contributed by atoms with Crippen molar-refractivity contribution in [3.05, 3.63) is 11.6 Å². The lowest BCUT2D eigenvalue weighted by atomic mass is 9.90. The van der Waals surface area contributed by atoms with E-state index < -0.39 is 0 Å². The molecule has 0 spiro atoms. The molecule has 2 atom stereocenters. The third-order valence-corrected chi connectivity index (χ3v) is 5.79. The molecule has 2 aliphatic heterocycles. The molecular formula is C18H29N5O2. The van der Waals surface area contributed by atoms with E-state index in [1.54, 1.807) is 0 Å². The highest BCUT2D eigenvalue weighted by atomic mass is 16.5. The van der Waals surface area contributed by atoms with Crippen molar-refractivity contribution in [2.24, 2.45) is 0 Å². The van der Waals surface area contributed by atoms with Crippen LogP contribution in [0.25, 0.3) is 0 Å². The first-order chi connectivity index (χ1) is 12.1. The Hall–Kier alpha value is -1.47. The van der Waals surface area contributed by atoms with Crippen molar-refractivity contribution in [2.45, 2.75) is 70.7 Å². The molecule has 1 aromatic rings. The van der Waals surface area contributed by atoms with Crippen molar-refractivity contribution in [3.8, 4) is 0 Å². The number of hydrogen-bond donors (Lipinski definition) is 0. The molecule has 1 saturated heterocycles. The number of rotatable bonds is 3. The standard InChI is InChI=1S/C18H29N5O2/c1-13(2)18-20-19-16-11-21(7-8-23(16)18)12-17(24)22-9-10-25-15-6-4-3-5-14(15)22/h13-15H,3-12H2,1-2H3/t14-,15-/m1/s1. The van der Waals surface area contributed by atoms with Crippen molar-refractivity contribution in [2.75, 3.05) is 26.2 Å². The smallest absolute Gasteiger partial charge is 0.237 e. The Morgan fingerprint density at radius 1 is 1.20 bits per heavy atom. The van der Waals surface area contributed by atoms with E-state index >= 15 is 0 Å². The van der Waals surface area contributed by atoms with Crippen LogP contribution in [-0.4, -0.2) is 68.9 Å². The Bertz CT molecular complexity index is 627. The lowest BCUT2D eigenvalue weighted by molar-refractivity contribution is -0.151. The maximum atomic E-state index is 12.9. The SMILES string of the molecule is CC(C)c1nnc2n1CCN(CC(=O)N1CCO[C@@H]3CCCC[C@H]31)C2. The maximum absolute atomic E-state index is 12.9. The summed E-state index contributed by atoms with van der Waals surface area (Å²) in [6, 6.07) is 0.288. The fourth-order valence-corrected chi connectivity index (χ4v) is 4.48. The van der Waals surface area contributed by atoms with E-state index in [1.165, 1.54) is 12.8 Å². The predicted octanol–water partition coefficient (Wildman–Crippen LogP) is 1.39. The van der Waals surface area contributed by atoms with E-state index in [-0.39, 0.29) is 18.1 Å². The van der Waals surface area contributed by atoms with Crippen LogP contribution < -0.4 is 0 Å². The van der Waals surface area contributed by atoms with Gasteiger partial charge >= 0.3 is 0 Å². The normalized spacial score (nSPS) is 27.2. The van der Waals surface area contributed by atoms with Gasteiger partial charge in [0.2, 0.25) is 5.91 Å². The van der Waals surface area contributed by atoms with Gasteiger partial charge in [-0.25, -0.2) is 0 Å². The molecule has 1 aromatic heterocycles. The number of carbonyl (C=O) groups is 1. The quantitative estimate of drug-likeness (QED) is 0.827. The Morgan fingerprint density at radius 3 is 2.88 bits per heavy atom. The van der Waals surface area contributed by atoms with Crippen LogP contribution in [0, 0.1) is 0 Å². The van der Waals surface area contributed by atoms with Crippen molar-refractivity contribution in [3.63, 3.8) is 0 Å². The maximum Gasteiger partial charge on any atom is 0.237 e. The van der Waals surface area contributed by atoms with Gasteiger partial charge in [-0.3, -0.25) is 9.69 Å². The monoisotopic (exact) mass is 347 g/mol. The van der Waals surface area contributed by atoms with Crippen LogP contribution in [-0.2, 0) is 22.6 Å². The lowest BCUT2D eigenvalue weighted by Gasteiger charge is -2.44. The zero-order valence-corrected chi connectivity index (χ0v) is 15.4. The molecule has 7 nitrogen and oxygen atoms in total. The molecule has 3 aliphatic rings. The lowest BCUT2D eigenvalue weighted by Crippen LogP contribution is -2.57. The first-order valence-electron chi connectivity index (χ1n) is 9.69. The van der Waals surface area contributed by atoms with Gasteiger partial charge in [-0.05, 0) is 12.8 Å². The molecule has 138 valence electrons. The van der Waals surface area contributed by atoms with E-state index in [0.29, 0.717) is 25.6 Å². The van der Waals surface area contributed by atoms with Gasteiger partial charge in [-0.15, -0.1) is 10.2 Å². The zero-order valence-electron chi connectivity index (χ0n) is 15.4. The first-order valence-corrected chi connectivity index (χ1v) is 9.69. The van der Waals surface area contributed by atoms with Crippen LogP contribution in [0.1, 0.15) is 57.1 Å². The number of nitrogens with zero attached hydrogens (tertiary/aromatic N) is 5. The van der Waals surface area contributed by atoms with Gasteiger partial charge in [-0.2, -0.15) is 0 Å². The highest BCUT2D eigenvalue weighted by Crippen LogP contribution is 2.28. The predicted molar refractivity (Wildman–Crippen MR) is 93.1 cm³/mol. The topological polar surface area (TPSA) is 63.5 Å². The molecule has 0 aromatic carbocycles. The van der Waals surface area contributed by atoms with Gasteiger partial charge in [0.1, 0.15) is 11.6 Å². The average molecular weight is 347 g/mol. The van der Waals surface area contributed by atoms with Gasteiger partial charge in [-0.1, -0.05) is 26.7 Å². The molecule has 25 heavy (non-hydrogen) atoms. The summed E-state index contributed by atoms with van der Waals surface area (Å²) in [4.78, 5) is 17.2. The summed E-state index contributed by atoms with van der Waals surface area (Å²) >= 11 is 0. The third-order valence-electron chi connectivity index (χ3n) is 5.79. The van der Waals surface area contributed by atoms with Gasteiger partial charge in [0.25, 0.3) is 0 Å². The largest absolute Gasteiger partial charge is 0.374 e. The van der Waals surface area contributed by atoms with Crippen molar-refractivity contribution >= 4 is 5.91 Å². The summed E-state index contributed by atoms with van der Waals surface area (Å²) in [5.41, 5.74) is 0. The first kappa shape index (κ1) is 17.0. The number of ether oxygens (including phenoxy) is 1. The molecular weight excluding hydrogens is 318 g/mol. The Balaban J connectivity index is 1.39. The van der Waals surface area contributed by atoms with Crippen LogP contribution in [0.4, 0.5) is 0 Å². The third kappa shape index (κ3) is 3.31. The van der Waals surface area contributed by atoms with Crippen LogP contribution in [0.5, 0.6) is 0 Å². The van der Waals surface area contributed by atoms with E-state index in [2.05, 4.69) is 38.4 Å². The Labute approximate surface area is 149 Å². The molecule has 1 aliphatic carbocycles. The summed E-state index contributed by atoms with van der Waals surface area (Å²) in [6.45, 7) is 8.66. The van der Waals surface area contributed by atoms with Crippen LogP contribution >= 0.6 is 0 Å². The summed E-state index contributed by atoms with van der Waals surface area (Å²) in [6.07, 6.45) is 4.87. The number of carbonyl (C=O) groups excluding carboxylic acids is 1. The summed E-state index contributed by atoms with van der Waals surface area (Å²) in [5.74, 6) is 2.67. The molecule has 1 saturated carbocycles. The number of fused-ring (bicyclic) bond motifs is 2. The van der Waals surface area contributed by atoms with Gasteiger partial charge in [0, 0.05) is 25.6 Å². The fraction of sp³-hybridized carbons (Fsp3) is 0.833. The fourth-order valence-electron chi connectivity index (χ4n) is 4.48. The van der Waals surface area contributed by atoms with E-state index in [9.17, 15) is 4.79 Å². The van der Waals surface area contributed by atoms with Crippen LogP contribution in [0.2, 0.25) is 0 Å². The zero-order chi connectivity index (χ0) is 17.4.